The van der Waals surface area contributed by atoms with Crippen LogP contribution in [0, 0.1) is 0 Å². The van der Waals surface area contributed by atoms with Crippen molar-refractivity contribution in [1.82, 2.24) is 14.9 Å². The Bertz CT molecular complexity index is 1070. The van der Waals surface area contributed by atoms with Crippen molar-refractivity contribution in [3.8, 4) is 0 Å². The lowest BCUT2D eigenvalue weighted by Gasteiger charge is -2.33. The maximum atomic E-state index is 12.1. The highest BCUT2D eigenvalue weighted by Crippen LogP contribution is 2.39. The molecule has 2 amide bonds. The number of rotatable bonds is 8. The zero-order chi connectivity index (χ0) is 24.1. The molecule has 1 aromatic heterocycles. The van der Waals surface area contributed by atoms with Gasteiger partial charge in [-0.05, 0) is 55.4 Å². The van der Waals surface area contributed by atoms with Crippen LogP contribution < -0.4 is 16.0 Å². The molecule has 1 atom stereocenters. The Morgan fingerprint density at radius 3 is 2.76 bits per heavy atom. The second-order valence-electron chi connectivity index (χ2n) is 8.82. The van der Waals surface area contributed by atoms with Crippen LogP contribution in [0.4, 0.5) is 23.1 Å². The molecule has 9 heteroatoms. The van der Waals surface area contributed by atoms with Crippen molar-refractivity contribution in [3.05, 3.63) is 47.6 Å². The Kier molecular flexibility index (Phi) is 7.67. The Labute approximate surface area is 205 Å². The Hall–Kier alpha value is -3.13. The molecule has 0 radical (unpaired) electrons. The molecule has 2 fully saturated rings. The summed E-state index contributed by atoms with van der Waals surface area (Å²) in [5, 5.41) is 9.84. The van der Waals surface area contributed by atoms with E-state index in [-0.39, 0.29) is 17.9 Å². The first-order chi connectivity index (χ1) is 16.5. The van der Waals surface area contributed by atoms with E-state index in [1.807, 2.05) is 24.0 Å². The number of likely N-dealkylation sites (tertiary alicyclic amines) is 1. The number of nitrogens with zero attached hydrogens (tertiary/aromatic N) is 3. The zero-order valence-electron chi connectivity index (χ0n) is 19.4. The molecule has 0 bridgehead atoms. The molecule has 4 rings (SSSR count). The highest BCUT2D eigenvalue weighted by molar-refractivity contribution is 6.33. The van der Waals surface area contributed by atoms with Crippen LogP contribution in [0.1, 0.15) is 56.9 Å². The topological polar surface area (TPSA) is 99.2 Å². The number of nitrogens with one attached hydrogen (secondary N) is 3. The van der Waals surface area contributed by atoms with Crippen LogP contribution in [0.5, 0.6) is 0 Å². The van der Waals surface area contributed by atoms with Crippen LogP contribution in [0.2, 0.25) is 5.02 Å². The third-order valence-corrected chi connectivity index (χ3v) is 6.75. The lowest BCUT2D eigenvalue weighted by molar-refractivity contribution is -0.131. The Morgan fingerprint density at radius 2 is 2.06 bits per heavy atom. The van der Waals surface area contributed by atoms with Gasteiger partial charge in [0.15, 0.2) is 5.82 Å². The Morgan fingerprint density at radius 1 is 1.24 bits per heavy atom. The van der Waals surface area contributed by atoms with Gasteiger partial charge in [-0.25, -0.2) is 4.98 Å². The maximum Gasteiger partial charge on any atom is 0.247 e. The van der Waals surface area contributed by atoms with Crippen molar-refractivity contribution in [2.24, 2.45) is 0 Å². The van der Waals surface area contributed by atoms with Crippen LogP contribution in [-0.2, 0) is 9.59 Å². The first kappa shape index (κ1) is 24.0. The smallest absolute Gasteiger partial charge is 0.247 e. The molecule has 34 heavy (non-hydrogen) atoms. The molecule has 180 valence electrons. The summed E-state index contributed by atoms with van der Waals surface area (Å²) in [6, 6.07) is 6.09. The fourth-order valence-corrected chi connectivity index (χ4v) is 4.47. The molecule has 8 nitrogen and oxygen atoms in total. The van der Waals surface area contributed by atoms with Gasteiger partial charge in [-0.2, -0.15) is 4.98 Å². The van der Waals surface area contributed by atoms with Gasteiger partial charge in [-0.1, -0.05) is 37.6 Å². The number of aromatic nitrogens is 2. The Balaban J connectivity index is 1.52. The molecule has 2 aromatic rings. The lowest BCUT2D eigenvalue weighted by atomic mass is 9.80. The summed E-state index contributed by atoms with van der Waals surface area (Å²) in [7, 11) is 0. The highest BCUT2D eigenvalue weighted by Gasteiger charge is 2.24. The first-order valence-electron chi connectivity index (χ1n) is 11.9. The molecule has 3 N–H and O–H groups in total. The standard InChI is InChI=1S/C25H31ClN6O2/c1-3-22(33)29-21-13-17(16-7-5-8-16)10-11-20(21)30-24-19(26)14-27-25(31-24)28-18-9-6-12-32(15-18)23(34)4-2/h3,10-11,13-14,16,18H,1,4-9,12,15H2,2H3,(H,29,33)(H2,27,28,30,31). The molecule has 1 saturated heterocycles. The molecule has 1 unspecified atom stereocenters. The molecule has 2 heterocycles. The average Bonchev–Trinajstić information content (AvgIpc) is 2.81. The molecule has 0 spiro atoms. The van der Waals surface area contributed by atoms with Crippen molar-refractivity contribution < 1.29 is 9.59 Å². The molecule has 1 saturated carbocycles. The summed E-state index contributed by atoms with van der Waals surface area (Å²) in [5.74, 6) is 1.27. The summed E-state index contributed by atoms with van der Waals surface area (Å²) >= 11 is 6.40. The third kappa shape index (κ3) is 5.67. The van der Waals surface area contributed by atoms with E-state index >= 15 is 0 Å². The number of halogens is 1. The minimum Gasteiger partial charge on any atom is -0.350 e. The van der Waals surface area contributed by atoms with Crippen molar-refractivity contribution >= 4 is 46.6 Å². The number of anilines is 4. The van der Waals surface area contributed by atoms with Gasteiger partial charge < -0.3 is 20.9 Å². The second-order valence-corrected chi connectivity index (χ2v) is 9.23. The predicted octanol–water partition coefficient (Wildman–Crippen LogP) is 5.08. The molecule has 1 aliphatic carbocycles. The van der Waals surface area contributed by atoms with Crippen LogP contribution in [0.25, 0.3) is 0 Å². The predicted molar refractivity (Wildman–Crippen MR) is 136 cm³/mol. The van der Waals surface area contributed by atoms with E-state index in [1.165, 1.54) is 18.1 Å². The van der Waals surface area contributed by atoms with Gasteiger partial charge in [0.05, 0.1) is 17.6 Å². The minimum absolute atomic E-state index is 0.0717. The monoisotopic (exact) mass is 482 g/mol. The van der Waals surface area contributed by atoms with Crippen LogP contribution in [0.3, 0.4) is 0 Å². The average molecular weight is 483 g/mol. The van der Waals surface area contributed by atoms with E-state index in [4.69, 9.17) is 11.6 Å². The fourth-order valence-electron chi connectivity index (χ4n) is 4.33. The van der Waals surface area contributed by atoms with Gasteiger partial charge in [0.2, 0.25) is 17.8 Å². The van der Waals surface area contributed by atoms with Gasteiger partial charge in [-0.15, -0.1) is 0 Å². The number of piperidine rings is 1. The maximum absolute atomic E-state index is 12.1. The number of hydrogen-bond donors (Lipinski definition) is 3. The first-order valence-corrected chi connectivity index (χ1v) is 12.3. The largest absolute Gasteiger partial charge is 0.350 e. The van der Waals surface area contributed by atoms with Crippen LogP contribution >= 0.6 is 11.6 Å². The van der Waals surface area contributed by atoms with Gasteiger partial charge >= 0.3 is 0 Å². The summed E-state index contributed by atoms with van der Waals surface area (Å²) in [6.07, 6.45) is 8.72. The summed E-state index contributed by atoms with van der Waals surface area (Å²) in [5.41, 5.74) is 2.54. The van der Waals surface area contributed by atoms with E-state index in [2.05, 4.69) is 38.6 Å². The summed E-state index contributed by atoms with van der Waals surface area (Å²) in [6.45, 7) is 6.84. The van der Waals surface area contributed by atoms with E-state index < -0.39 is 0 Å². The van der Waals surface area contributed by atoms with Crippen LogP contribution in [0.15, 0.2) is 37.1 Å². The number of hydrogen-bond acceptors (Lipinski definition) is 6. The highest BCUT2D eigenvalue weighted by atomic mass is 35.5. The van der Waals surface area contributed by atoms with Crippen molar-refractivity contribution in [1.29, 1.82) is 0 Å². The van der Waals surface area contributed by atoms with Crippen LogP contribution in [-0.4, -0.2) is 45.8 Å². The fraction of sp³-hybridized carbons (Fsp3) is 0.440. The normalized spacial score (nSPS) is 18.1. The third-order valence-electron chi connectivity index (χ3n) is 6.47. The second kappa shape index (κ2) is 10.9. The van der Waals surface area contributed by atoms with E-state index in [0.29, 0.717) is 47.0 Å². The number of carbonyl (C=O) groups excluding carboxylic acids is 2. The van der Waals surface area contributed by atoms with Gasteiger partial charge in [-0.3, -0.25) is 9.59 Å². The number of benzene rings is 1. The minimum atomic E-state index is -0.284. The summed E-state index contributed by atoms with van der Waals surface area (Å²) < 4.78 is 0. The van der Waals surface area contributed by atoms with Crippen molar-refractivity contribution in [2.75, 3.05) is 29.0 Å². The van der Waals surface area contributed by atoms with Gasteiger partial charge in [0, 0.05) is 25.6 Å². The quantitative estimate of drug-likeness (QED) is 0.454. The number of amides is 2. The summed E-state index contributed by atoms with van der Waals surface area (Å²) in [4.78, 5) is 34.9. The molecule has 1 aliphatic heterocycles. The number of carbonyl (C=O) groups is 2. The lowest BCUT2D eigenvalue weighted by Crippen LogP contribution is -2.45. The zero-order valence-corrected chi connectivity index (χ0v) is 20.2. The molecular weight excluding hydrogens is 452 g/mol. The van der Waals surface area contributed by atoms with Gasteiger partial charge in [0.1, 0.15) is 5.02 Å². The molecular formula is C25H31ClN6O2. The van der Waals surface area contributed by atoms with Crippen molar-refractivity contribution in [3.63, 3.8) is 0 Å². The van der Waals surface area contributed by atoms with E-state index in [0.717, 1.165) is 32.2 Å². The van der Waals surface area contributed by atoms with Crippen molar-refractivity contribution in [2.45, 2.75) is 57.4 Å². The van der Waals surface area contributed by atoms with E-state index in [9.17, 15) is 9.59 Å². The van der Waals surface area contributed by atoms with E-state index in [1.54, 1.807) is 6.20 Å². The molecule has 2 aliphatic rings. The SMILES string of the molecule is C=CC(=O)Nc1cc(C2CCC2)ccc1Nc1nc(NC2CCCN(C(=O)CC)C2)ncc1Cl. The molecule has 1 aromatic carbocycles. The van der Waals surface area contributed by atoms with Gasteiger partial charge in [0.25, 0.3) is 0 Å².